The molecule has 160 valence electrons. The first kappa shape index (κ1) is 20.8. The van der Waals surface area contributed by atoms with Crippen LogP contribution in [-0.2, 0) is 9.53 Å². The zero-order valence-corrected chi connectivity index (χ0v) is 16.8. The number of imidazole rings is 1. The number of carbonyl (C=O) groups excluding carboxylic acids is 2. The van der Waals surface area contributed by atoms with E-state index < -0.39 is 24.3 Å². The van der Waals surface area contributed by atoms with Crippen LogP contribution in [-0.4, -0.2) is 28.0 Å². The molecular formula is C24H18FN3O4. The lowest BCUT2D eigenvalue weighted by molar-refractivity contribution is -0.119. The molecule has 0 aliphatic carbocycles. The smallest absolute Gasteiger partial charge is 0.357 e. The quantitative estimate of drug-likeness (QED) is 0.433. The second-order valence-electron chi connectivity index (χ2n) is 6.66. The number of aromatic nitrogens is 2. The van der Waals surface area contributed by atoms with Crippen molar-refractivity contribution in [3.63, 3.8) is 0 Å². The third kappa shape index (κ3) is 4.99. The van der Waals surface area contributed by atoms with Gasteiger partial charge in [-0.3, -0.25) is 9.36 Å². The molecule has 0 saturated carbocycles. The van der Waals surface area contributed by atoms with E-state index in [2.05, 4.69) is 10.3 Å². The third-order valence-electron chi connectivity index (χ3n) is 4.42. The molecule has 8 heteroatoms. The van der Waals surface area contributed by atoms with Gasteiger partial charge in [-0.1, -0.05) is 30.3 Å². The van der Waals surface area contributed by atoms with Gasteiger partial charge in [0.1, 0.15) is 11.6 Å². The number of anilines is 1. The molecule has 0 radical (unpaired) electrons. The van der Waals surface area contributed by atoms with E-state index in [-0.39, 0.29) is 5.69 Å². The topological polar surface area (TPSA) is 82.5 Å². The lowest BCUT2D eigenvalue weighted by Gasteiger charge is -2.12. The summed E-state index contributed by atoms with van der Waals surface area (Å²) >= 11 is 0. The zero-order chi connectivity index (χ0) is 22.3. The first-order valence-electron chi connectivity index (χ1n) is 9.67. The highest BCUT2D eigenvalue weighted by Gasteiger charge is 2.17. The van der Waals surface area contributed by atoms with Crippen molar-refractivity contribution in [2.75, 3.05) is 11.9 Å². The van der Waals surface area contributed by atoms with E-state index in [4.69, 9.17) is 9.47 Å². The Bertz CT molecular complexity index is 1220. The Morgan fingerprint density at radius 1 is 0.938 bits per heavy atom. The molecule has 1 heterocycles. The van der Waals surface area contributed by atoms with Crippen molar-refractivity contribution in [2.45, 2.75) is 0 Å². The van der Waals surface area contributed by atoms with Crippen LogP contribution in [0, 0.1) is 5.82 Å². The number of esters is 1. The minimum absolute atomic E-state index is 0.109. The number of halogens is 1. The van der Waals surface area contributed by atoms with Gasteiger partial charge in [-0.2, -0.15) is 0 Å². The molecule has 0 aliphatic heterocycles. The Balaban J connectivity index is 1.39. The zero-order valence-electron chi connectivity index (χ0n) is 16.8. The number of benzene rings is 3. The predicted molar refractivity (Wildman–Crippen MR) is 115 cm³/mol. The molecule has 0 fully saturated rings. The Labute approximate surface area is 183 Å². The Morgan fingerprint density at radius 2 is 1.66 bits per heavy atom. The van der Waals surface area contributed by atoms with Crippen LogP contribution < -0.4 is 10.1 Å². The molecule has 0 unspecified atom stereocenters. The van der Waals surface area contributed by atoms with Gasteiger partial charge < -0.3 is 14.8 Å². The van der Waals surface area contributed by atoms with Gasteiger partial charge in [-0.25, -0.2) is 14.2 Å². The van der Waals surface area contributed by atoms with Crippen LogP contribution in [0.4, 0.5) is 10.1 Å². The van der Waals surface area contributed by atoms with Crippen molar-refractivity contribution >= 4 is 17.6 Å². The number of nitrogens with zero attached hydrogens (tertiary/aromatic N) is 2. The normalized spacial score (nSPS) is 10.4. The van der Waals surface area contributed by atoms with Crippen molar-refractivity contribution < 1.29 is 23.5 Å². The van der Waals surface area contributed by atoms with Crippen LogP contribution in [0.5, 0.6) is 11.5 Å². The van der Waals surface area contributed by atoms with E-state index in [1.54, 1.807) is 36.4 Å². The van der Waals surface area contributed by atoms with Crippen LogP contribution in [0.2, 0.25) is 0 Å². The van der Waals surface area contributed by atoms with Crippen molar-refractivity contribution in [3.8, 4) is 17.2 Å². The molecule has 0 saturated heterocycles. The largest absolute Gasteiger partial charge is 0.455 e. The summed E-state index contributed by atoms with van der Waals surface area (Å²) in [4.78, 5) is 28.8. The maximum Gasteiger partial charge on any atom is 0.357 e. The lowest BCUT2D eigenvalue weighted by atomic mass is 10.3. The number of carbonyl (C=O) groups is 2. The van der Waals surface area contributed by atoms with Gasteiger partial charge in [0.2, 0.25) is 0 Å². The Kier molecular flexibility index (Phi) is 6.22. The van der Waals surface area contributed by atoms with E-state index in [0.717, 1.165) is 0 Å². The number of nitrogens with one attached hydrogen (secondary N) is 1. The summed E-state index contributed by atoms with van der Waals surface area (Å²) in [6.07, 6.45) is 2.72. The summed E-state index contributed by atoms with van der Waals surface area (Å²) < 4.78 is 25.5. The maximum absolute atomic E-state index is 13.2. The first-order chi connectivity index (χ1) is 15.6. The van der Waals surface area contributed by atoms with E-state index in [0.29, 0.717) is 22.9 Å². The standard InChI is InChI=1S/C24H18FN3O4/c25-17-10-12-18(13-11-17)28-16-26-14-21(28)24(30)31-15-23(29)27-20-8-4-5-9-22(20)32-19-6-2-1-3-7-19/h1-14,16H,15H2,(H,27,29). The SMILES string of the molecule is O=C(COC(=O)c1cncn1-c1ccc(F)cc1)Nc1ccccc1Oc1ccccc1. The van der Waals surface area contributed by atoms with E-state index in [1.165, 1.54) is 41.4 Å². The van der Waals surface area contributed by atoms with Crippen LogP contribution >= 0.6 is 0 Å². The maximum atomic E-state index is 13.2. The van der Waals surface area contributed by atoms with Gasteiger partial charge in [0, 0.05) is 5.69 Å². The number of ether oxygens (including phenoxy) is 2. The second-order valence-corrected chi connectivity index (χ2v) is 6.66. The van der Waals surface area contributed by atoms with E-state index >= 15 is 0 Å². The van der Waals surface area contributed by atoms with Gasteiger partial charge in [0.15, 0.2) is 18.1 Å². The Hall–Kier alpha value is -4.46. The number of amides is 1. The summed E-state index contributed by atoms with van der Waals surface area (Å²) in [6, 6.07) is 21.6. The number of hydrogen-bond donors (Lipinski definition) is 1. The highest BCUT2D eigenvalue weighted by molar-refractivity contribution is 5.96. The molecule has 4 rings (SSSR count). The van der Waals surface area contributed by atoms with Gasteiger partial charge in [-0.15, -0.1) is 0 Å². The second kappa shape index (κ2) is 9.57. The molecule has 0 bridgehead atoms. The minimum Gasteiger partial charge on any atom is -0.455 e. The molecule has 32 heavy (non-hydrogen) atoms. The molecule has 1 N–H and O–H groups in total. The van der Waals surface area contributed by atoms with Crippen molar-refractivity contribution in [1.82, 2.24) is 9.55 Å². The molecule has 0 aliphatic rings. The van der Waals surface area contributed by atoms with Gasteiger partial charge in [0.05, 0.1) is 18.2 Å². The van der Waals surface area contributed by atoms with Crippen molar-refractivity contribution in [3.05, 3.63) is 103 Å². The minimum atomic E-state index is -0.740. The van der Waals surface area contributed by atoms with Gasteiger partial charge in [-0.05, 0) is 48.5 Å². The number of para-hydroxylation sites is 3. The molecule has 1 amide bonds. The fourth-order valence-corrected chi connectivity index (χ4v) is 2.92. The van der Waals surface area contributed by atoms with Gasteiger partial charge >= 0.3 is 5.97 Å². The number of hydrogen-bond acceptors (Lipinski definition) is 5. The molecule has 1 aromatic heterocycles. The lowest BCUT2D eigenvalue weighted by Crippen LogP contribution is -2.22. The van der Waals surface area contributed by atoms with Crippen molar-refractivity contribution in [2.24, 2.45) is 0 Å². The van der Waals surface area contributed by atoms with Crippen LogP contribution in [0.1, 0.15) is 10.5 Å². The van der Waals surface area contributed by atoms with Crippen LogP contribution in [0.25, 0.3) is 5.69 Å². The monoisotopic (exact) mass is 431 g/mol. The van der Waals surface area contributed by atoms with Crippen molar-refractivity contribution in [1.29, 1.82) is 0 Å². The molecular weight excluding hydrogens is 413 g/mol. The average molecular weight is 431 g/mol. The first-order valence-corrected chi connectivity index (χ1v) is 9.67. The Morgan fingerprint density at radius 3 is 2.44 bits per heavy atom. The molecule has 0 atom stereocenters. The number of rotatable bonds is 7. The fourth-order valence-electron chi connectivity index (χ4n) is 2.92. The van der Waals surface area contributed by atoms with E-state index in [9.17, 15) is 14.0 Å². The average Bonchev–Trinajstić information content (AvgIpc) is 3.30. The summed E-state index contributed by atoms with van der Waals surface area (Å²) in [5.41, 5.74) is 1.08. The fraction of sp³-hybridized carbons (Fsp3) is 0.0417. The van der Waals surface area contributed by atoms with Gasteiger partial charge in [0.25, 0.3) is 5.91 Å². The molecule has 7 nitrogen and oxygen atoms in total. The van der Waals surface area contributed by atoms with E-state index in [1.807, 2.05) is 18.2 Å². The molecule has 4 aromatic rings. The summed E-state index contributed by atoms with van der Waals surface area (Å²) in [5, 5.41) is 2.68. The third-order valence-corrected chi connectivity index (χ3v) is 4.42. The molecule has 3 aromatic carbocycles. The highest BCUT2D eigenvalue weighted by atomic mass is 19.1. The highest BCUT2D eigenvalue weighted by Crippen LogP contribution is 2.29. The molecule has 0 spiro atoms. The summed E-state index contributed by atoms with van der Waals surface area (Å²) in [6.45, 7) is -0.507. The van der Waals surface area contributed by atoms with Crippen LogP contribution in [0.3, 0.4) is 0 Å². The summed E-state index contributed by atoms with van der Waals surface area (Å²) in [7, 11) is 0. The van der Waals surface area contributed by atoms with Crippen LogP contribution in [0.15, 0.2) is 91.4 Å². The predicted octanol–water partition coefficient (Wildman–Crippen LogP) is 4.60. The summed E-state index contributed by atoms with van der Waals surface area (Å²) in [5.74, 6) is -0.597.